The number of carbonyl (C=O) groups excluding carboxylic acids is 2. The lowest BCUT2D eigenvalue weighted by atomic mass is 10.1. The molecule has 0 aliphatic heterocycles. The molecule has 0 radical (unpaired) electrons. The molecule has 1 aromatic carbocycles. The average Bonchev–Trinajstić information content (AvgIpc) is 2.29. The first kappa shape index (κ1) is 13.6. The third kappa shape index (κ3) is 4.21. The Bertz CT molecular complexity index is 550. The van der Waals surface area contributed by atoms with Gasteiger partial charge in [-0.3, -0.25) is 14.6 Å². The average molecular weight is 246 g/mol. The van der Waals surface area contributed by atoms with Crippen LogP contribution < -0.4 is 5.73 Å². The summed E-state index contributed by atoms with van der Waals surface area (Å²) in [7, 11) is 0. The Kier molecular flexibility index (Phi) is 4.80. The topological polar surface area (TPSA) is 82.3 Å². The summed E-state index contributed by atoms with van der Waals surface area (Å²) < 4.78 is 3.97. The van der Waals surface area contributed by atoms with Gasteiger partial charge >= 0.3 is 11.9 Å². The highest BCUT2D eigenvalue weighted by Gasteiger charge is 1.94. The number of carbonyl (C=O) groups is 2. The maximum absolute atomic E-state index is 9.81. The van der Waals surface area contributed by atoms with Gasteiger partial charge in [0.25, 0.3) is 0 Å². The minimum atomic E-state index is -0.562. The van der Waals surface area contributed by atoms with E-state index in [1.54, 1.807) is 6.20 Å². The number of esters is 2. The van der Waals surface area contributed by atoms with Crippen molar-refractivity contribution in [3.8, 4) is 0 Å². The Morgan fingerprint density at radius 1 is 1.11 bits per heavy atom. The van der Waals surface area contributed by atoms with Gasteiger partial charge in [0.05, 0.1) is 11.9 Å². The Hall–Kier alpha value is -2.43. The van der Waals surface area contributed by atoms with Crippen molar-refractivity contribution in [3.63, 3.8) is 0 Å². The molecule has 0 amide bonds. The molecule has 2 aromatic rings. The molecule has 0 saturated heterocycles. The SMILES string of the molecule is CC(=O)OC(C)=O.Nc1cncc2ccccc12. The lowest BCUT2D eigenvalue weighted by molar-refractivity contribution is -0.156. The van der Waals surface area contributed by atoms with E-state index < -0.39 is 11.9 Å². The van der Waals surface area contributed by atoms with Crippen LogP contribution in [0.15, 0.2) is 36.7 Å². The zero-order valence-electron chi connectivity index (χ0n) is 10.2. The molecule has 0 aliphatic rings. The van der Waals surface area contributed by atoms with Gasteiger partial charge in [-0.1, -0.05) is 24.3 Å². The molecule has 0 spiro atoms. The van der Waals surface area contributed by atoms with E-state index in [1.807, 2.05) is 30.5 Å². The van der Waals surface area contributed by atoms with Crippen molar-refractivity contribution in [2.75, 3.05) is 5.73 Å². The molecule has 0 fully saturated rings. The number of nitrogens with two attached hydrogens (primary N) is 1. The largest absolute Gasteiger partial charge is 0.397 e. The molecular formula is C13H14N2O3. The van der Waals surface area contributed by atoms with Crippen molar-refractivity contribution < 1.29 is 14.3 Å². The van der Waals surface area contributed by atoms with Crippen LogP contribution in [0.3, 0.4) is 0 Å². The van der Waals surface area contributed by atoms with E-state index in [2.05, 4.69) is 9.72 Å². The second-order valence-corrected chi connectivity index (χ2v) is 3.54. The van der Waals surface area contributed by atoms with Crippen molar-refractivity contribution in [1.82, 2.24) is 4.98 Å². The normalized spacial score (nSPS) is 9.22. The number of nitrogen functional groups attached to an aromatic ring is 1. The van der Waals surface area contributed by atoms with Gasteiger partial charge in [-0.2, -0.15) is 0 Å². The summed E-state index contributed by atoms with van der Waals surface area (Å²) in [6.07, 6.45) is 3.48. The molecule has 94 valence electrons. The minimum Gasteiger partial charge on any atom is -0.397 e. The van der Waals surface area contributed by atoms with Gasteiger partial charge in [0.1, 0.15) is 0 Å². The highest BCUT2D eigenvalue weighted by molar-refractivity contribution is 5.91. The summed E-state index contributed by atoms with van der Waals surface area (Å²) in [6, 6.07) is 7.94. The molecule has 0 unspecified atom stereocenters. The summed E-state index contributed by atoms with van der Waals surface area (Å²) in [5.41, 5.74) is 6.43. The van der Waals surface area contributed by atoms with Crippen molar-refractivity contribution >= 4 is 28.4 Å². The molecular weight excluding hydrogens is 232 g/mol. The molecule has 0 aliphatic carbocycles. The number of aromatic nitrogens is 1. The van der Waals surface area contributed by atoms with Gasteiger partial charge < -0.3 is 10.5 Å². The smallest absolute Gasteiger partial charge is 0.310 e. The number of hydrogen-bond acceptors (Lipinski definition) is 5. The lowest BCUT2D eigenvalue weighted by Gasteiger charge is -1.98. The molecule has 5 heteroatoms. The molecule has 5 nitrogen and oxygen atoms in total. The van der Waals surface area contributed by atoms with Gasteiger partial charge in [0.2, 0.25) is 0 Å². The molecule has 0 bridgehead atoms. The van der Waals surface area contributed by atoms with Gasteiger partial charge in [-0.15, -0.1) is 0 Å². The second-order valence-electron chi connectivity index (χ2n) is 3.54. The van der Waals surface area contributed by atoms with Gasteiger partial charge in [0, 0.05) is 30.8 Å². The number of rotatable bonds is 0. The number of pyridine rings is 1. The van der Waals surface area contributed by atoms with Crippen molar-refractivity contribution in [1.29, 1.82) is 0 Å². The Morgan fingerprint density at radius 3 is 2.22 bits per heavy atom. The molecule has 2 N–H and O–H groups in total. The predicted molar refractivity (Wildman–Crippen MR) is 68.6 cm³/mol. The third-order valence-electron chi connectivity index (χ3n) is 1.99. The molecule has 0 saturated carbocycles. The zero-order valence-corrected chi connectivity index (χ0v) is 10.2. The summed E-state index contributed by atoms with van der Waals surface area (Å²) in [4.78, 5) is 23.6. The third-order valence-corrected chi connectivity index (χ3v) is 1.99. The molecule has 18 heavy (non-hydrogen) atoms. The minimum absolute atomic E-state index is 0.562. The maximum atomic E-state index is 9.81. The van der Waals surface area contributed by atoms with Crippen LogP contribution in [0.1, 0.15) is 13.8 Å². The number of fused-ring (bicyclic) bond motifs is 1. The van der Waals surface area contributed by atoms with Crippen LogP contribution in [0.5, 0.6) is 0 Å². The fourth-order valence-electron chi connectivity index (χ4n) is 1.34. The predicted octanol–water partition coefficient (Wildman–Crippen LogP) is 1.91. The fraction of sp³-hybridized carbons (Fsp3) is 0.154. The van der Waals surface area contributed by atoms with Crippen molar-refractivity contribution in [2.24, 2.45) is 0 Å². The van der Waals surface area contributed by atoms with Crippen molar-refractivity contribution in [3.05, 3.63) is 36.7 Å². The number of ether oxygens (including phenoxy) is 1. The van der Waals surface area contributed by atoms with Crippen LogP contribution >= 0.6 is 0 Å². The van der Waals surface area contributed by atoms with E-state index in [0.717, 1.165) is 16.5 Å². The van der Waals surface area contributed by atoms with Gasteiger partial charge in [-0.25, -0.2) is 0 Å². The summed E-state index contributed by atoms with van der Waals surface area (Å²) in [6.45, 7) is 2.36. The van der Waals surface area contributed by atoms with Crippen molar-refractivity contribution in [2.45, 2.75) is 13.8 Å². The lowest BCUT2D eigenvalue weighted by Crippen LogP contribution is -2.03. The first-order valence-corrected chi connectivity index (χ1v) is 5.28. The number of nitrogens with zero attached hydrogens (tertiary/aromatic N) is 1. The van der Waals surface area contributed by atoms with Gasteiger partial charge in [-0.05, 0) is 0 Å². The van der Waals surface area contributed by atoms with Crippen LogP contribution in [0.25, 0.3) is 10.8 Å². The highest BCUT2D eigenvalue weighted by atomic mass is 16.6. The van der Waals surface area contributed by atoms with Crippen LogP contribution in [-0.2, 0) is 14.3 Å². The number of benzene rings is 1. The monoisotopic (exact) mass is 246 g/mol. The van der Waals surface area contributed by atoms with E-state index in [0.29, 0.717) is 0 Å². The maximum Gasteiger partial charge on any atom is 0.310 e. The number of hydrogen-bond donors (Lipinski definition) is 1. The standard InChI is InChI=1S/C9H8N2.C4H6O3/c10-9-6-11-5-7-3-1-2-4-8(7)9;1-3(5)7-4(2)6/h1-6H,10H2;1-2H3. The van der Waals surface area contributed by atoms with E-state index in [1.165, 1.54) is 13.8 Å². The zero-order chi connectivity index (χ0) is 13.5. The van der Waals surface area contributed by atoms with E-state index in [9.17, 15) is 9.59 Å². The van der Waals surface area contributed by atoms with Crippen LogP contribution in [-0.4, -0.2) is 16.9 Å². The summed E-state index contributed by atoms with van der Waals surface area (Å²) >= 11 is 0. The fourth-order valence-corrected chi connectivity index (χ4v) is 1.34. The van der Waals surface area contributed by atoms with E-state index in [4.69, 9.17) is 5.73 Å². The molecule has 0 atom stereocenters. The quantitative estimate of drug-likeness (QED) is 0.567. The van der Waals surface area contributed by atoms with Crippen LogP contribution in [0, 0.1) is 0 Å². The molecule has 1 aromatic heterocycles. The van der Waals surface area contributed by atoms with E-state index in [-0.39, 0.29) is 0 Å². The molecule has 2 rings (SSSR count). The Balaban J connectivity index is 0.000000203. The summed E-state index contributed by atoms with van der Waals surface area (Å²) in [5, 5.41) is 2.16. The first-order chi connectivity index (χ1) is 8.50. The van der Waals surface area contributed by atoms with E-state index >= 15 is 0 Å². The second kappa shape index (κ2) is 6.34. The van der Waals surface area contributed by atoms with Crippen LogP contribution in [0.4, 0.5) is 5.69 Å². The Labute approximate surface area is 105 Å². The highest BCUT2D eigenvalue weighted by Crippen LogP contribution is 2.17. The first-order valence-electron chi connectivity index (χ1n) is 5.28. The van der Waals surface area contributed by atoms with Gasteiger partial charge in [0.15, 0.2) is 0 Å². The summed E-state index contributed by atoms with van der Waals surface area (Å²) in [5.74, 6) is -1.12. The molecule has 1 heterocycles. The van der Waals surface area contributed by atoms with Crippen LogP contribution in [0.2, 0.25) is 0 Å². The number of anilines is 1. The Morgan fingerprint density at radius 2 is 1.72 bits per heavy atom.